The number of carbonyl (C=O) groups excluding carboxylic acids is 1. The number of halogens is 1. The largest absolute Gasteiger partial charge is 0.462 e. The monoisotopic (exact) mass is 343 g/mol. The van der Waals surface area contributed by atoms with E-state index in [1.807, 2.05) is 6.07 Å². The molecule has 1 aromatic rings. The number of hydrogen-bond acceptors (Lipinski definition) is 6. The Bertz CT molecular complexity index is 531. The van der Waals surface area contributed by atoms with E-state index >= 15 is 0 Å². The van der Waals surface area contributed by atoms with Gasteiger partial charge in [-0.05, 0) is 24.6 Å². The van der Waals surface area contributed by atoms with Crippen LogP contribution < -0.4 is 5.73 Å². The molecule has 0 amide bonds. The number of thioether (sulfide) groups is 1. The molecule has 2 N–H and O–H groups in total. The van der Waals surface area contributed by atoms with E-state index < -0.39 is 0 Å². The lowest BCUT2D eigenvalue weighted by Gasteiger charge is -2.10. The second-order valence-corrected chi connectivity index (χ2v) is 4.57. The van der Waals surface area contributed by atoms with Gasteiger partial charge in [0.05, 0.1) is 17.9 Å². The number of esters is 1. The molecule has 0 fully saturated rings. The molecule has 7 heteroatoms. The van der Waals surface area contributed by atoms with Gasteiger partial charge in [0, 0.05) is 5.75 Å². The van der Waals surface area contributed by atoms with Crippen LogP contribution in [-0.2, 0) is 4.74 Å². The zero-order valence-corrected chi connectivity index (χ0v) is 12.9. The van der Waals surface area contributed by atoms with Gasteiger partial charge in [0.2, 0.25) is 0 Å². The van der Waals surface area contributed by atoms with Crippen molar-refractivity contribution in [1.82, 2.24) is 0 Å². The number of nitrogens with two attached hydrogens (primary N) is 1. The fourth-order valence-electron chi connectivity index (χ4n) is 1.49. The molecular formula is C12H14BrN3O2S. The zero-order chi connectivity index (χ0) is 13.0. The molecule has 19 heavy (non-hydrogen) atoms. The highest BCUT2D eigenvalue weighted by molar-refractivity contribution is 8.93. The van der Waals surface area contributed by atoms with Gasteiger partial charge in [0.25, 0.3) is 0 Å². The van der Waals surface area contributed by atoms with Gasteiger partial charge < -0.3 is 10.5 Å². The first-order chi connectivity index (χ1) is 8.70. The van der Waals surface area contributed by atoms with Crippen molar-refractivity contribution in [3.8, 4) is 0 Å². The van der Waals surface area contributed by atoms with E-state index in [-0.39, 0.29) is 23.0 Å². The summed E-state index contributed by atoms with van der Waals surface area (Å²) in [5.41, 5.74) is 7.71. The maximum Gasteiger partial charge on any atom is 0.338 e. The van der Waals surface area contributed by atoms with Crippen molar-refractivity contribution < 1.29 is 9.53 Å². The topological polar surface area (TPSA) is 77.0 Å². The van der Waals surface area contributed by atoms with E-state index in [0.29, 0.717) is 23.1 Å². The van der Waals surface area contributed by atoms with Gasteiger partial charge in [-0.1, -0.05) is 23.9 Å². The maximum atomic E-state index is 11.6. The van der Waals surface area contributed by atoms with Gasteiger partial charge in [-0.15, -0.1) is 22.1 Å². The first-order valence-electron chi connectivity index (χ1n) is 5.51. The SMILES string of the molecule is Br.CCOC(=O)c1cccc(C2=NN=C(N)SC2)c1. The highest BCUT2D eigenvalue weighted by Gasteiger charge is 2.13. The summed E-state index contributed by atoms with van der Waals surface area (Å²) in [5.74, 6) is 0.327. The predicted octanol–water partition coefficient (Wildman–Crippen LogP) is 2.21. The molecule has 0 saturated heterocycles. The Morgan fingerprint density at radius 3 is 2.89 bits per heavy atom. The minimum absolute atomic E-state index is 0. The quantitative estimate of drug-likeness (QED) is 0.853. The highest BCUT2D eigenvalue weighted by Crippen LogP contribution is 2.15. The van der Waals surface area contributed by atoms with E-state index in [1.165, 1.54) is 11.8 Å². The molecule has 0 spiro atoms. The lowest BCUT2D eigenvalue weighted by molar-refractivity contribution is 0.0526. The molecule has 1 aliphatic rings. The highest BCUT2D eigenvalue weighted by atomic mass is 79.9. The Labute approximate surface area is 126 Å². The van der Waals surface area contributed by atoms with Gasteiger partial charge in [0.1, 0.15) is 0 Å². The van der Waals surface area contributed by atoms with Crippen molar-refractivity contribution in [2.75, 3.05) is 12.4 Å². The van der Waals surface area contributed by atoms with Gasteiger partial charge in [-0.3, -0.25) is 0 Å². The van der Waals surface area contributed by atoms with Crippen molar-refractivity contribution in [2.45, 2.75) is 6.92 Å². The Morgan fingerprint density at radius 2 is 2.26 bits per heavy atom. The Kier molecular flexibility index (Phi) is 6.04. The molecule has 0 aromatic heterocycles. The van der Waals surface area contributed by atoms with Gasteiger partial charge >= 0.3 is 5.97 Å². The molecule has 102 valence electrons. The van der Waals surface area contributed by atoms with Crippen molar-refractivity contribution >= 4 is 45.6 Å². The van der Waals surface area contributed by atoms with E-state index in [0.717, 1.165) is 11.3 Å². The van der Waals surface area contributed by atoms with Gasteiger partial charge in [0.15, 0.2) is 5.17 Å². The van der Waals surface area contributed by atoms with Gasteiger partial charge in [-0.25, -0.2) is 4.79 Å². The number of hydrogen-bond donors (Lipinski definition) is 1. The first-order valence-corrected chi connectivity index (χ1v) is 6.49. The minimum Gasteiger partial charge on any atom is -0.462 e. The van der Waals surface area contributed by atoms with Crippen LogP contribution in [0.1, 0.15) is 22.8 Å². The summed E-state index contributed by atoms with van der Waals surface area (Å²) in [7, 11) is 0. The summed E-state index contributed by atoms with van der Waals surface area (Å²) < 4.78 is 4.96. The average Bonchev–Trinajstić information content (AvgIpc) is 2.40. The van der Waals surface area contributed by atoms with E-state index in [4.69, 9.17) is 10.5 Å². The fourth-order valence-corrected chi connectivity index (χ4v) is 2.10. The number of carbonyl (C=O) groups is 1. The summed E-state index contributed by atoms with van der Waals surface area (Å²) in [5, 5.41) is 8.32. The van der Waals surface area contributed by atoms with Crippen LogP contribution in [0, 0.1) is 0 Å². The third-order valence-electron chi connectivity index (χ3n) is 2.33. The lowest BCUT2D eigenvalue weighted by atomic mass is 10.1. The van der Waals surface area contributed by atoms with Crippen molar-refractivity contribution in [1.29, 1.82) is 0 Å². The smallest absolute Gasteiger partial charge is 0.338 e. The van der Waals surface area contributed by atoms with Crippen LogP contribution in [0.15, 0.2) is 34.5 Å². The van der Waals surface area contributed by atoms with Crippen molar-refractivity contribution in [3.63, 3.8) is 0 Å². The third kappa shape index (κ3) is 4.07. The Hall–Kier alpha value is -1.34. The van der Waals surface area contributed by atoms with Gasteiger partial charge in [-0.2, -0.15) is 5.10 Å². The molecular weight excluding hydrogens is 330 g/mol. The van der Waals surface area contributed by atoms with Crippen LogP contribution in [0.2, 0.25) is 0 Å². The molecule has 0 unspecified atom stereocenters. The maximum absolute atomic E-state index is 11.6. The van der Waals surface area contributed by atoms with E-state index in [1.54, 1.807) is 25.1 Å². The molecule has 0 aliphatic carbocycles. The van der Waals surface area contributed by atoms with E-state index in [9.17, 15) is 4.79 Å². The number of nitrogens with zero attached hydrogens (tertiary/aromatic N) is 2. The summed E-state index contributed by atoms with van der Waals surface area (Å²) in [6.07, 6.45) is 0. The summed E-state index contributed by atoms with van der Waals surface area (Å²) in [6, 6.07) is 7.17. The summed E-state index contributed by atoms with van der Waals surface area (Å²) in [6.45, 7) is 2.14. The van der Waals surface area contributed by atoms with E-state index in [2.05, 4.69) is 10.2 Å². The summed E-state index contributed by atoms with van der Waals surface area (Å²) >= 11 is 1.43. The number of ether oxygens (including phenoxy) is 1. The van der Waals surface area contributed by atoms with Crippen LogP contribution in [0.4, 0.5) is 0 Å². The average molecular weight is 344 g/mol. The fraction of sp³-hybridized carbons (Fsp3) is 0.250. The number of rotatable bonds is 3. The second kappa shape index (κ2) is 7.30. The molecule has 5 nitrogen and oxygen atoms in total. The molecule has 0 saturated carbocycles. The van der Waals surface area contributed by atoms with Crippen molar-refractivity contribution in [2.24, 2.45) is 15.9 Å². The van der Waals surface area contributed by atoms with Crippen LogP contribution >= 0.6 is 28.7 Å². The summed E-state index contributed by atoms with van der Waals surface area (Å²) in [4.78, 5) is 11.6. The van der Waals surface area contributed by atoms with Crippen LogP contribution in [0.25, 0.3) is 0 Å². The molecule has 1 heterocycles. The zero-order valence-electron chi connectivity index (χ0n) is 10.3. The van der Waals surface area contributed by atoms with Crippen molar-refractivity contribution in [3.05, 3.63) is 35.4 Å². The van der Waals surface area contributed by atoms with Crippen LogP contribution in [0.3, 0.4) is 0 Å². The predicted molar refractivity (Wildman–Crippen MR) is 83.3 cm³/mol. The number of benzene rings is 1. The lowest BCUT2D eigenvalue weighted by Crippen LogP contribution is -2.16. The molecule has 0 radical (unpaired) electrons. The third-order valence-corrected chi connectivity index (χ3v) is 3.13. The standard InChI is InChI=1S/C12H13N3O2S.BrH/c1-2-17-11(16)9-5-3-4-8(6-9)10-7-18-12(13)15-14-10;/h3-6H,2,7H2,1H3,(H2,13,15);1H. The Balaban J connectivity index is 0.00000180. The second-order valence-electron chi connectivity index (χ2n) is 3.57. The molecule has 2 rings (SSSR count). The molecule has 1 aromatic carbocycles. The Morgan fingerprint density at radius 1 is 1.47 bits per heavy atom. The minimum atomic E-state index is -0.327. The van der Waals surface area contributed by atoms with Crippen LogP contribution in [0.5, 0.6) is 0 Å². The normalized spacial score (nSPS) is 13.9. The first kappa shape index (κ1) is 15.7. The molecule has 0 bridgehead atoms. The van der Waals surface area contributed by atoms with Crippen LogP contribution in [-0.4, -0.2) is 29.2 Å². The molecule has 0 atom stereocenters. The number of amidine groups is 1. The molecule has 1 aliphatic heterocycles.